The van der Waals surface area contributed by atoms with Crippen molar-refractivity contribution >= 4 is 5.69 Å². The lowest BCUT2D eigenvalue weighted by atomic mass is 10.3. The predicted molar refractivity (Wildman–Crippen MR) is 65.8 cm³/mol. The highest BCUT2D eigenvalue weighted by molar-refractivity contribution is 5.37. The van der Waals surface area contributed by atoms with Crippen LogP contribution >= 0.6 is 0 Å². The molecule has 1 fully saturated rings. The maximum absolute atomic E-state index is 10.6. The van der Waals surface area contributed by atoms with E-state index in [-0.39, 0.29) is 11.8 Å². The molecular weight excluding hydrogens is 236 g/mol. The van der Waals surface area contributed by atoms with Crippen LogP contribution in [-0.2, 0) is 4.74 Å². The number of hydrogen-bond donors (Lipinski definition) is 0. The van der Waals surface area contributed by atoms with Crippen molar-refractivity contribution in [2.45, 2.75) is 6.10 Å². The molecule has 1 aromatic rings. The van der Waals surface area contributed by atoms with Gasteiger partial charge in [0.15, 0.2) is 0 Å². The Bertz CT molecular complexity index is 424. The largest absolute Gasteiger partial charge is 0.491 e. The van der Waals surface area contributed by atoms with Gasteiger partial charge in [0.2, 0.25) is 0 Å². The molecule has 6 nitrogen and oxygen atoms in total. The Labute approximate surface area is 105 Å². The first-order chi connectivity index (χ1) is 8.65. The van der Waals surface area contributed by atoms with Gasteiger partial charge in [-0.2, -0.15) is 0 Å². The van der Waals surface area contributed by atoms with Crippen LogP contribution in [-0.4, -0.2) is 49.3 Å². The van der Waals surface area contributed by atoms with Crippen LogP contribution in [0.3, 0.4) is 0 Å². The number of nitrogens with zero attached hydrogens (tertiary/aromatic N) is 2. The molecule has 0 unspecified atom stereocenters. The second-order valence-electron chi connectivity index (χ2n) is 4.32. The Hall–Kier alpha value is -1.66. The Morgan fingerprint density at radius 1 is 1.61 bits per heavy atom. The first-order valence-electron chi connectivity index (χ1n) is 5.82. The van der Waals surface area contributed by atoms with Gasteiger partial charge < -0.3 is 14.4 Å². The van der Waals surface area contributed by atoms with Crippen LogP contribution in [0.15, 0.2) is 24.3 Å². The molecule has 1 heterocycles. The standard InChI is InChI=1S/C12H16N2O4/c1-13-5-6-17-12(8-13)9-18-11-4-2-3-10(7-11)14(15)16/h2-4,7,12H,5-6,8-9H2,1H3/t12-/m0/s1. The second kappa shape index (κ2) is 5.79. The highest BCUT2D eigenvalue weighted by atomic mass is 16.6. The molecule has 0 aromatic heterocycles. The molecule has 6 heteroatoms. The molecule has 18 heavy (non-hydrogen) atoms. The first kappa shape index (κ1) is 12.8. The van der Waals surface area contributed by atoms with Crippen molar-refractivity contribution in [3.05, 3.63) is 34.4 Å². The SMILES string of the molecule is CN1CCO[C@H](COc2cccc([N+](=O)[O-])c2)C1. The molecule has 1 atom stereocenters. The zero-order valence-electron chi connectivity index (χ0n) is 10.2. The van der Waals surface area contributed by atoms with Gasteiger partial charge in [-0.3, -0.25) is 10.1 Å². The third-order valence-corrected chi connectivity index (χ3v) is 2.81. The molecule has 0 aliphatic carbocycles. The molecule has 0 bridgehead atoms. The topological polar surface area (TPSA) is 64.8 Å². The highest BCUT2D eigenvalue weighted by Gasteiger charge is 2.18. The van der Waals surface area contributed by atoms with Crippen LogP contribution < -0.4 is 4.74 Å². The van der Waals surface area contributed by atoms with Crippen molar-refractivity contribution in [3.8, 4) is 5.75 Å². The predicted octanol–water partition coefficient (Wildman–Crippen LogP) is 1.30. The van der Waals surface area contributed by atoms with E-state index in [2.05, 4.69) is 4.90 Å². The van der Waals surface area contributed by atoms with Crippen LogP contribution in [0.2, 0.25) is 0 Å². The van der Waals surface area contributed by atoms with E-state index in [0.717, 1.165) is 13.1 Å². The lowest BCUT2D eigenvalue weighted by molar-refractivity contribution is -0.384. The normalized spacial score (nSPS) is 20.6. The fourth-order valence-electron chi connectivity index (χ4n) is 1.84. The molecule has 98 valence electrons. The molecule has 0 amide bonds. The van der Waals surface area contributed by atoms with Gasteiger partial charge in [0.05, 0.1) is 17.6 Å². The van der Waals surface area contributed by atoms with Crippen molar-refractivity contribution in [2.75, 3.05) is 33.4 Å². The molecule has 0 spiro atoms. The van der Waals surface area contributed by atoms with Gasteiger partial charge in [-0.05, 0) is 13.1 Å². The fraction of sp³-hybridized carbons (Fsp3) is 0.500. The molecule has 1 aromatic carbocycles. The van der Waals surface area contributed by atoms with Crippen molar-refractivity contribution < 1.29 is 14.4 Å². The van der Waals surface area contributed by atoms with Crippen molar-refractivity contribution in [2.24, 2.45) is 0 Å². The number of nitro benzene ring substituents is 1. The van der Waals surface area contributed by atoms with Gasteiger partial charge >= 0.3 is 0 Å². The summed E-state index contributed by atoms with van der Waals surface area (Å²) in [4.78, 5) is 12.4. The van der Waals surface area contributed by atoms with Crippen LogP contribution in [0.1, 0.15) is 0 Å². The van der Waals surface area contributed by atoms with E-state index in [0.29, 0.717) is 19.0 Å². The quantitative estimate of drug-likeness (QED) is 0.597. The summed E-state index contributed by atoms with van der Waals surface area (Å²) < 4.78 is 11.1. The van der Waals surface area contributed by atoms with Gasteiger partial charge in [-0.25, -0.2) is 0 Å². The summed E-state index contributed by atoms with van der Waals surface area (Å²) in [6.45, 7) is 2.84. The average Bonchev–Trinajstić information content (AvgIpc) is 2.37. The molecule has 1 aliphatic rings. The van der Waals surface area contributed by atoms with Crippen molar-refractivity contribution in [1.29, 1.82) is 0 Å². The number of morpholine rings is 1. The first-order valence-corrected chi connectivity index (χ1v) is 5.82. The van der Waals surface area contributed by atoms with Crippen LogP contribution in [0.4, 0.5) is 5.69 Å². The van der Waals surface area contributed by atoms with Gasteiger partial charge in [-0.1, -0.05) is 6.07 Å². The summed E-state index contributed by atoms with van der Waals surface area (Å²) >= 11 is 0. The van der Waals surface area contributed by atoms with E-state index < -0.39 is 4.92 Å². The van der Waals surface area contributed by atoms with Crippen LogP contribution in [0, 0.1) is 10.1 Å². The zero-order chi connectivity index (χ0) is 13.0. The zero-order valence-corrected chi connectivity index (χ0v) is 10.2. The minimum Gasteiger partial charge on any atom is -0.491 e. The second-order valence-corrected chi connectivity index (χ2v) is 4.32. The summed E-state index contributed by atoms with van der Waals surface area (Å²) in [7, 11) is 2.03. The summed E-state index contributed by atoms with van der Waals surface area (Å²) in [5.74, 6) is 0.501. The molecule has 0 saturated carbocycles. The molecule has 1 aliphatic heterocycles. The number of likely N-dealkylation sites (N-methyl/N-ethyl adjacent to an activating group) is 1. The fourth-order valence-corrected chi connectivity index (χ4v) is 1.84. The van der Waals surface area contributed by atoms with Crippen molar-refractivity contribution in [3.63, 3.8) is 0 Å². The number of nitro groups is 1. The third-order valence-electron chi connectivity index (χ3n) is 2.81. The average molecular weight is 252 g/mol. The number of non-ortho nitro benzene ring substituents is 1. The molecule has 0 N–H and O–H groups in total. The lowest BCUT2D eigenvalue weighted by Gasteiger charge is -2.29. The Balaban J connectivity index is 1.89. The number of benzene rings is 1. The Morgan fingerprint density at radius 3 is 3.17 bits per heavy atom. The summed E-state index contributed by atoms with van der Waals surface area (Å²) in [6.07, 6.45) is 0.0167. The van der Waals surface area contributed by atoms with Gasteiger partial charge in [0.1, 0.15) is 18.5 Å². The van der Waals surface area contributed by atoms with E-state index in [1.54, 1.807) is 12.1 Å². The van der Waals surface area contributed by atoms with Gasteiger partial charge in [0.25, 0.3) is 5.69 Å². The highest BCUT2D eigenvalue weighted by Crippen LogP contribution is 2.19. The van der Waals surface area contributed by atoms with Crippen LogP contribution in [0.5, 0.6) is 5.75 Å². The monoisotopic (exact) mass is 252 g/mol. The van der Waals surface area contributed by atoms with Crippen molar-refractivity contribution in [1.82, 2.24) is 4.90 Å². The molecule has 1 saturated heterocycles. The van der Waals surface area contributed by atoms with E-state index in [1.807, 2.05) is 7.05 Å². The van der Waals surface area contributed by atoms with Gasteiger partial charge in [0, 0.05) is 19.2 Å². The summed E-state index contributed by atoms with van der Waals surface area (Å²) in [5.41, 5.74) is 0.0363. The van der Waals surface area contributed by atoms with E-state index in [1.165, 1.54) is 12.1 Å². The lowest BCUT2D eigenvalue weighted by Crippen LogP contribution is -2.42. The van der Waals surface area contributed by atoms with Gasteiger partial charge in [-0.15, -0.1) is 0 Å². The molecule has 0 radical (unpaired) electrons. The van der Waals surface area contributed by atoms with Crippen LogP contribution in [0.25, 0.3) is 0 Å². The van der Waals surface area contributed by atoms with E-state index >= 15 is 0 Å². The maximum Gasteiger partial charge on any atom is 0.273 e. The number of rotatable bonds is 4. The number of ether oxygens (including phenoxy) is 2. The summed E-state index contributed by atoms with van der Waals surface area (Å²) in [5, 5.41) is 10.6. The van der Waals surface area contributed by atoms with E-state index in [9.17, 15) is 10.1 Å². The van der Waals surface area contributed by atoms with E-state index in [4.69, 9.17) is 9.47 Å². The third kappa shape index (κ3) is 3.41. The Kier molecular flexibility index (Phi) is 4.11. The Morgan fingerprint density at radius 2 is 2.44 bits per heavy atom. The smallest absolute Gasteiger partial charge is 0.273 e. The summed E-state index contributed by atoms with van der Waals surface area (Å²) in [6, 6.07) is 6.19. The maximum atomic E-state index is 10.6. The molecular formula is C12H16N2O4. The minimum atomic E-state index is -0.433. The number of hydrogen-bond acceptors (Lipinski definition) is 5. The minimum absolute atomic E-state index is 0.0167. The molecule has 2 rings (SSSR count).